The summed E-state index contributed by atoms with van der Waals surface area (Å²) in [5.74, 6) is 0. The Kier molecular flexibility index (Phi) is 3.52. The van der Waals surface area contributed by atoms with Gasteiger partial charge in [-0.2, -0.15) is 5.26 Å². The smallest absolute Gasteiger partial charge is 0.109 e. The van der Waals surface area contributed by atoms with Gasteiger partial charge < -0.3 is 9.84 Å². The SMILES string of the molecule is CCCC(C)(O)C1(C#N)CCCOC1. The van der Waals surface area contributed by atoms with Crippen molar-refractivity contribution >= 4 is 0 Å². The number of aliphatic hydroxyl groups is 1. The van der Waals surface area contributed by atoms with Crippen LogP contribution in [-0.4, -0.2) is 23.9 Å². The second kappa shape index (κ2) is 4.29. The van der Waals surface area contributed by atoms with Crippen LogP contribution >= 0.6 is 0 Å². The minimum Gasteiger partial charge on any atom is -0.388 e. The van der Waals surface area contributed by atoms with Crippen LogP contribution < -0.4 is 0 Å². The van der Waals surface area contributed by atoms with Crippen molar-refractivity contribution in [1.29, 1.82) is 5.26 Å². The third-order valence-corrected chi connectivity index (χ3v) is 3.22. The number of hydrogen-bond acceptors (Lipinski definition) is 3. The topological polar surface area (TPSA) is 53.2 Å². The first-order valence-corrected chi connectivity index (χ1v) is 5.29. The van der Waals surface area contributed by atoms with Crippen LogP contribution in [0.3, 0.4) is 0 Å². The highest BCUT2D eigenvalue weighted by atomic mass is 16.5. The summed E-state index contributed by atoms with van der Waals surface area (Å²) in [5, 5.41) is 19.5. The Hall–Kier alpha value is -0.590. The van der Waals surface area contributed by atoms with Gasteiger partial charge in [0.05, 0.1) is 18.3 Å². The number of ether oxygens (including phenoxy) is 1. The average molecular weight is 197 g/mol. The van der Waals surface area contributed by atoms with Crippen molar-refractivity contribution in [2.75, 3.05) is 13.2 Å². The van der Waals surface area contributed by atoms with E-state index < -0.39 is 11.0 Å². The molecular weight excluding hydrogens is 178 g/mol. The van der Waals surface area contributed by atoms with Crippen molar-refractivity contribution < 1.29 is 9.84 Å². The first-order valence-electron chi connectivity index (χ1n) is 5.29. The van der Waals surface area contributed by atoms with Gasteiger partial charge in [-0.25, -0.2) is 0 Å². The van der Waals surface area contributed by atoms with Gasteiger partial charge in [0, 0.05) is 6.61 Å². The molecule has 0 bridgehead atoms. The van der Waals surface area contributed by atoms with Crippen molar-refractivity contribution in [3.63, 3.8) is 0 Å². The highest BCUT2D eigenvalue weighted by Crippen LogP contribution is 2.41. The van der Waals surface area contributed by atoms with E-state index in [0.717, 1.165) is 19.3 Å². The third kappa shape index (κ3) is 1.92. The van der Waals surface area contributed by atoms with Crippen LogP contribution in [0.4, 0.5) is 0 Å². The second-order valence-corrected chi connectivity index (χ2v) is 4.37. The van der Waals surface area contributed by atoms with Crippen LogP contribution in [0.5, 0.6) is 0 Å². The molecule has 3 nitrogen and oxygen atoms in total. The van der Waals surface area contributed by atoms with Crippen molar-refractivity contribution in [3.8, 4) is 6.07 Å². The molecule has 14 heavy (non-hydrogen) atoms. The fourth-order valence-electron chi connectivity index (χ4n) is 2.15. The van der Waals surface area contributed by atoms with Gasteiger partial charge in [-0.1, -0.05) is 13.3 Å². The maximum absolute atomic E-state index is 10.3. The monoisotopic (exact) mass is 197 g/mol. The molecule has 1 aliphatic rings. The van der Waals surface area contributed by atoms with Gasteiger partial charge in [-0.15, -0.1) is 0 Å². The summed E-state index contributed by atoms with van der Waals surface area (Å²) in [6, 6.07) is 2.27. The zero-order valence-electron chi connectivity index (χ0n) is 9.05. The predicted octanol–water partition coefficient (Wildman–Crippen LogP) is 1.86. The Morgan fingerprint density at radius 1 is 1.64 bits per heavy atom. The van der Waals surface area contributed by atoms with Crippen LogP contribution in [0.15, 0.2) is 0 Å². The lowest BCUT2D eigenvalue weighted by molar-refractivity contribution is -0.112. The molecule has 0 amide bonds. The quantitative estimate of drug-likeness (QED) is 0.751. The first-order chi connectivity index (χ1) is 6.58. The lowest BCUT2D eigenvalue weighted by Crippen LogP contribution is -2.50. The molecule has 80 valence electrons. The Morgan fingerprint density at radius 3 is 2.79 bits per heavy atom. The molecule has 0 aromatic heterocycles. The van der Waals surface area contributed by atoms with Gasteiger partial charge in [0.15, 0.2) is 0 Å². The standard InChI is InChI=1S/C11H19NO2/c1-3-5-10(2,13)11(8-12)6-4-7-14-9-11/h13H,3-7,9H2,1-2H3. The van der Waals surface area contributed by atoms with E-state index in [1.165, 1.54) is 0 Å². The van der Waals surface area contributed by atoms with Crippen molar-refractivity contribution in [2.24, 2.45) is 5.41 Å². The van der Waals surface area contributed by atoms with Crippen LogP contribution in [0.25, 0.3) is 0 Å². The maximum Gasteiger partial charge on any atom is 0.109 e. The minimum absolute atomic E-state index is 0.372. The van der Waals surface area contributed by atoms with Gasteiger partial charge in [-0.3, -0.25) is 0 Å². The Bertz CT molecular complexity index is 224. The van der Waals surface area contributed by atoms with Crippen LogP contribution in [0.2, 0.25) is 0 Å². The van der Waals surface area contributed by atoms with Crippen molar-refractivity contribution in [2.45, 2.75) is 45.1 Å². The van der Waals surface area contributed by atoms with E-state index in [-0.39, 0.29) is 0 Å². The van der Waals surface area contributed by atoms with E-state index in [0.29, 0.717) is 19.6 Å². The van der Waals surface area contributed by atoms with E-state index in [1.807, 2.05) is 6.92 Å². The van der Waals surface area contributed by atoms with Gasteiger partial charge in [-0.05, 0) is 26.2 Å². The fourth-order valence-corrected chi connectivity index (χ4v) is 2.15. The number of rotatable bonds is 3. The number of nitrogens with zero attached hydrogens (tertiary/aromatic N) is 1. The molecule has 1 heterocycles. The molecule has 2 atom stereocenters. The lowest BCUT2D eigenvalue weighted by atomic mass is 9.68. The summed E-state index contributed by atoms with van der Waals surface area (Å²) in [7, 11) is 0. The van der Waals surface area contributed by atoms with E-state index in [1.54, 1.807) is 6.92 Å². The molecule has 0 aromatic carbocycles. The molecule has 1 N–H and O–H groups in total. The van der Waals surface area contributed by atoms with Gasteiger partial charge in [0.2, 0.25) is 0 Å². The second-order valence-electron chi connectivity index (χ2n) is 4.37. The molecule has 0 radical (unpaired) electrons. The summed E-state index contributed by atoms with van der Waals surface area (Å²) >= 11 is 0. The lowest BCUT2D eigenvalue weighted by Gasteiger charge is -2.42. The molecule has 1 rings (SSSR count). The van der Waals surface area contributed by atoms with E-state index in [9.17, 15) is 10.4 Å². The van der Waals surface area contributed by atoms with Crippen molar-refractivity contribution in [1.82, 2.24) is 0 Å². The third-order valence-electron chi connectivity index (χ3n) is 3.22. The molecule has 0 aromatic rings. The van der Waals surface area contributed by atoms with Crippen molar-refractivity contribution in [3.05, 3.63) is 0 Å². The van der Waals surface area contributed by atoms with Crippen LogP contribution in [-0.2, 0) is 4.74 Å². The van der Waals surface area contributed by atoms with Gasteiger partial charge in [0.25, 0.3) is 0 Å². The molecule has 0 spiro atoms. The molecule has 2 unspecified atom stereocenters. The maximum atomic E-state index is 10.3. The number of hydrogen-bond donors (Lipinski definition) is 1. The highest BCUT2D eigenvalue weighted by molar-refractivity contribution is 5.10. The number of nitriles is 1. The minimum atomic E-state index is -0.920. The first kappa shape index (κ1) is 11.5. The van der Waals surface area contributed by atoms with Crippen LogP contribution in [0, 0.1) is 16.7 Å². The molecule has 1 aliphatic heterocycles. The summed E-state index contributed by atoms with van der Waals surface area (Å²) in [4.78, 5) is 0. The van der Waals surface area contributed by atoms with E-state index >= 15 is 0 Å². The highest BCUT2D eigenvalue weighted by Gasteiger charge is 2.48. The Labute approximate surface area is 85.7 Å². The average Bonchev–Trinajstić information content (AvgIpc) is 2.18. The largest absolute Gasteiger partial charge is 0.388 e. The van der Waals surface area contributed by atoms with E-state index in [4.69, 9.17) is 4.74 Å². The summed E-state index contributed by atoms with van der Waals surface area (Å²) in [5.41, 5.74) is -1.61. The summed E-state index contributed by atoms with van der Waals surface area (Å²) in [6.07, 6.45) is 3.16. The molecule has 3 heteroatoms. The van der Waals surface area contributed by atoms with E-state index in [2.05, 4.69) is 6.07 Å². The predicted molar refractivity (Wildman–Crippen MR) is 53.6 cm³/mol. The molecule has 0 saturated carbocycles. The zero-order chi connectivity index (χ0) is 10.7. The summed E-state index contributed by atoms with van der Waals surface area (Å²) < 4.78 is 5.33. The Balaban J connectivity index is 2.82. The molecule has 1 saturated heterocycles. The van der Waals surface area contributed by atoms with Gasteiger partial charge >= 0.3 is 0 Å². The summed E-state index contributed by atoms with van der Waals surface area (Å²) in [6.45, 7) is 4.86. The molecular formula is C11H19NO2. The molecule has 1 fully saturated rings. The molecule has 0 aliphatic carbocycles. The van der Waals surface area contributed by atoms with Crippen LogP contribution in [0.1, 0.15) is 39.5 Å². The normalized spacial score (nSPS) is 31.9. The zero-order valence-corrected chi connectivity index (χ0v) is 9.05. The Morgan fingerprint density at radius 2 is 2.36 bits per heavy atom. The van der Waals surface area contributed by atoms with Gasteiger partial charge in [0.1, 0.15) is 5.41 Å². The fraction of sp³-hybridized carbons (Fsp3) is 0.909.